The van der Waals surface area contributed by atoms with Gasteiger partial charge in [0.25, 0.3) is 6.73 Å². The summed E-state index contributed by atoms with van der Waals surface area (Å²) in [5.74, 6) is 1.04. The lowest BCUT2D eigenvalue weighted by molar-refractivity contribution is -0.717. The van der Waals surface area contributed by atoms with Crippen LogP contribution in [0.15, 0.2) is 36.5 Å². The molecule has 1 aromatic heterocycles. The van der Waals surface area contributed by atoms with Crippen molar-refractivity contribution < 1.29 is 9.30 Å². The van der Waals surface area contributed by atoms with Gasteiger partial charge >= 0.3 is 0 Å². The average Bonchev–Trinajstić information content (AvgIpc) is 2.66. The van der Waals surface area contributed by atoms with E-state index in [9.17, 15) is 0 Å². The summed E-state index contributed by atoms with van der Waals surface area (Å²) < 4.78 is 7.92. The quantitative estimate of drug-likeness (QED) is 0.500. The van der Waals surface area contributed by atoms with Gasteiger partial charge in [-0.25, -0.2) is 0 Å². The largest absolute Gasteiger partial charge is 0.435 e. The lowest BCUT2D eigenvalue weighted by Crippen LogP contribution is -2.41. The first-order valence-electron chi connectivity index (χ1n) is 5.20. The minimum absolute atomic E-state index is 0.639. The first-order chi connectivity index (χ1) is 7.43. The number of hydrogen-bond donors (Lipinski definition) is 0. The Balaban J connectivity index is 2.18. The van der Waals surface area contributed by atoms with E-state index in [0.717, 1.165) is 12.2 Å². The molecule has 2 heterocycles. The molecule has 0 atom stereocenters. The summed E-state index contributed by atoms with van der Waals surface area (Å²) in [5, 5.41) is 0. The predicted molar refractivity (Wildman–Crippen MR) is 55.5 cm³/mol. The lowest BCUT2D eigenvalue weighted by atomic mass is 10.1. The summed E-state index contributed by atoms with van der Waals surface area (Å²) >= 11 is 0. The fourth-order valence-electron chi connectivity index (χ4n) is 2.61. The Labute approximate surface area is 87.7 Å². The van der Waals surface area contributed by atoms with Crippen LogP contribution in [0.1, 0.15) is 11.1 Å². The molecule has 0 N–H and O–H groups in total. The SMILES string of the molecule is c1cc2c3c(c1)OC[n+]1cccc(c1-3)C2. The molecule has 0 fully saturated rings. The van der Waals surface area contributed by atoms with Gasteiger partial charge in [0.05, 0.1) is 5.56 Å². The van der Waals surface area contributed by atoms with Crippen molar-refractivity contribution in [3.8, 4) is 17.0 Å². The van der Waals surface area contributed by atoms with E-state index in [2.05, 4.69) is 41.1 Å². The van der Waals surface area contributed by atoms with Crippen LogP contribution in [0, 0.1) is 0 Å². The fraction of sp³-hybridized carbons (Fsp3) is 0.154. The van der Waals surface area contributed by atoms with Crippen LogP contribution in [0.3, 0.4) is 0 Å². The highest BCUT2D eigenvalue weighted by Gasteiger charge is 2.33. The van der Waals surface area contributed by atoms with E-state index in [1.54, 1.807) is 0 Å². The summed E-state index contributed by atoms with van der Waals surface area (Å²) in [6.07, 6.45) is 3.13. The third-order valence-electron chi connectivity index (χ3n) is 3.24. The number of ether oxygens (including phenoxy) is 1. The molecule has 0 bridgehead atoms. The molecular weight excluding hydrogens is 186 g/mol. The van der Waals surface area contributed by atoms with Gasteiger partial charge in [-0.05, 0) is 17.7 Å². The Bertz CT molecular complexity index is 523. The normalized spacial score (nSPS) is 14.7. The molecule has 0 saturated heterocycles. The summed E-state index contributed by atoms with van der Waals surface area (Å²) in [6, 6.07) is 10.6. The van der Waals surface area contributed by atoms with Crippen molar-refractivity contribution in [3.63, 3.8) is 0 Å². The third-order valence-corrected chi connectivity index (χ3v) is 3.24. The van der Waals surface area contributed by atoms with Crippen LogP contribution in [0.5, 0.6) is 5.75 Å². The molecule has 4 rings (SSSR count). The Hall–Kier alpha value is -1.83. The first-order valence-corrected chi connectivity index (χ1v) is 5.20. The van der Waals surface area contributed by atoms with Gasteiger partial charge in [-0.1, -0.05) is 12.1 Å². The highest BCUT2D eigenvalue weighted by Crippen LogP contribution is 2.41. The maximum Gasteiger partial charge on any atom is 0.292 e. The van der Waals surface area contributed by atoms with E-state index in [1.807, 2.05) is 0 Å². The second kappa shape index (κ2) is 2.40. The molecule has 2 aliphatic rings. The van der Waals surface area contributed by atoms with Crippen molar-refractivity contribution in [3.05, 3.63) is 47.7 Å². The number of pyridine rings is 1. The summed E-state index contributed by atoms with van der Waals surface area (Å²) in [6.45, 7) is 0.639. The molecule has 1 aliphatic carbocycles. The van der Waals surface area contributed by atoms with Gasteiger partial charge in [0.2, 0.25) is 5.69 Å². The summed E-state index contributed by atoms with van der Waals surface area (Å²) in [4.78, 5) is 0. The predicted octanol–water partition coefficient (Wildman–Crippen LogP) is 1.90. The van der Waals surface area contributed by atoms with Crippen molar-refractivity contribution in [2.24, 2.45) is 0 Å². The number of hydrogen-bond acceptors (Lipinski definition) is 1. The molecule has 0 spiro atoms. The Morgan fingerprint density at radius 2 is 2.00 bits per heavy atom. The van der Waals surface area contributed by atoms with E-state index in [-0.39, 0.29) is 0 Å². The van der Waals surface area contributed by atoms with Gasteiger partial charge in [-0.3, -0.25) is 0 Å². The number of nitrogens with zero attached hydrogens (tertiary/aromatic N) is 1. The van der Waals surface area contributed by atoms with Crippen LogP contribution >= 0.6 is 0 Å². The van der Waals surface area contributed by atoms with E-state index < -0.39 is 0 Å². The zero-order valence-corrected chi connectivity index (χ0v) is 8.23. The Kier molecular flexibility index (Phi) is 1.19. The van der Waals surface area contributed by atoms with Crippen LogP contribution in [0.25, 0.3) is 11.3 Å². The highest BCUT2D eigenvalue weighted by atomic mass is 16.5. The highest BCUT2D eigenvalue weighted by molar-refractivity contribution is 5.77. The Morgan fingerprint density at radius 1 is 1.07 bits per heavy atom. The molecule has 1 aromatic carbocycles. The van der Waals surface area contributed by atoms with Crippen molar-refractivity contribution >= 4 is 0 Å². The molecule has 2 heteroatoms. The van der Waals surface area contributed by atoms with Crippen LogP contribution < -0.4 is 9.30 Å². The molecule has 1 aliphatic heterocycles. The zero-order valence-electron chi connectivity index (χ0n) is 8.23. The molecule has 2 aromatic rings. The molecule has 15 heavy (non-hydrogen) atoms. The number of benzene rings is 1. The van der Waals surface area contributed by atoms with Crippen LogP contribution in [-0.4, -0.2) is 0 Å². The van der Waals surface area contributed by atoms with E-state index >= 15 is 0 Å². The molecule has 2 nitrogen and oxygen atoms in total. The molecule has 0 saturated carbocycles. The molecular formula is C13H10NO+. The fourth-order valence-corrected chi connectivity index (χ4v) is 2.61. The molecule has 0 radical (unpaired) electrons. The van der Waals surface area contributed by atoms with Gasteiger partial charge in [0, 0.05) is 18.1 Å². The van der Waals surface area contributed by atoms with Gasteiger partial charge in [-0.15, -0.1) is 0 Å². The molecule has 0 unspecified atom stereocenters. The second-order valence-electron chi connectivity index (χ2n) is 4.09. The van der Waals surface area contributed by atoms with E-state index in [1.165, 1.54) is 22.4 Å². The van der Waals surface area contributed by atoms with Crippen molar-refractivity contribution in [2.45, 2.75) is 13.2 Å². The average molecular weight is 196 g/mol. The minimum Gasteiger partial charge on any atom is -0.435 e. The standard InChI is InChI=1S/C13H10NO/c1-3-9-7-10-4-2-6-14-8-15-11(5-1)12(9)13(10)14/h1-6H,7-8H2/q+1. The Morgan fingerprint density at radius 3 is 3.00 bits per heavy atom. The van der Waals surface area contributed by atoms with Gasteiger partial charge in [-0.2, -0.15) is 4.57 Å². The zero-order chi connectivity index (χ0) is 9.83. The third kappa shape index (κ3) is 0.820. The maximum atomic E-state index is 5.73. The summed E-state index contributed by atoms with van der Waals surface area (Å²) in [5.41, 5.74) is 5.47. The van der Waals surface area contributed by atoms with E-state index in [0.29, 0.717) is 6.73 Å². The van der Waals surface area contributed by atoms with Gasteiger partial charge in [0.15, 0.2) is 6.20 Å². The number of rotatable bonds is 0. The molecule has 0 amide bonds. The topological polar surface area (TPSA) is 13.1 Å². The number of aromatic nitrogens is 1. The molecule has 72 valence electrons. The van der Waals surface area contributed by atoms with Gasteiger partial charge < -0.3 is 4.74 Å². The van der Waals surface area contributed by atoms with Crippen LogP contribution in [-0.2, 0) is 13.2 Å². The smallest absolute Gasteiger partial charge is 0.292 e. The monoisotopic (exact) mass is 196 g/mol. The van der Waals surface area contributed by atoms with Crippen molar-refractivity contribution in [1.82, 2.24) is 0 Å². The maximum absolute atomic E-state index is 5.73. The summed E-state index contributed by atoms with van der Waals surface area (Å²) in [7, 11) is 0. The minimum atomic E-state index is 0.639. The van der Waals surface area contributed by atoms with E-state index in [4.69, 9.17) is 4.74 Å². The van der Waals surface area contributed by atoms with Crippen molar-refractivity contribution in [2.75, 3.05) is 0 Å². The van der Waals surface area contributed by atoms with Crippen LogP contribution in [0.2, 0.25) is 0 Å². The van der Waals surface area contributed by atoms with Crippen LogP contribution in [0.4, 0.5) is 0 Å². The van der Waals surface area contributed by atoms with Gasteiger partial charge in [0.1, 0.15) is 5.75 Å². The first kappa shape index (κ1) is 7.46. The second-order valence-corrected chi connectivity index (χ2v) is 4.09. The van der Waals surface area contributed by atoms with Crippen molar-refractivity contribution in [1.29, 1.82) is 0 Å². The lowest BCUT2D eigenvalue weighted by Gasteiger charge is -2.14.